The van der Waals surface area contributed by atoms with Gasteiger partial charge in [-0.15, -0.1) is 0 Å². The van der Waals surface area contributed by atoms with Crippen LogP contribution in [0.2, 0.25) is 0 Å². The molecule has 120 valence electrons. The van der Waals surface area contributed by atoms with E-state index in [1.165, 1.54) is 0 Å². The van der Waals surface area contributed by atoms with E-state index in [9.17, 15) is 23.1 Å². The molecule has 0 atom stereocenters. The molecule has 0 aliphatic carbocycles. The zero-order chi connectivity index (χ0) is 16.9. The van der Waals surface area contributed by atoms with Crippen LogP contribution in [0.5, 0.6) is 0 Å². The van der Waals surface area contributed by atoms with Crippen molar-refractivity contribution in [2.45, 2.75) is 12.8 Å². The Morgan fingerprint density at radius 3 is 2.57 bits per heavy atom. The summed E-state index contributed by atoms with van der Waals surface area (Å²) in [6.45, 7) is -0.143. The first-order valence-corrected chi connectivity index (χ1v) is 6.36. The summed E-state index contributed by atoms with van der Waals surface area (Å²) in [6.07, 6.45) is -4.42. The maximum Gasteiger partial charge on any atom is 0.433 e. The van der Waals surface area contributed by atoms with Gasteiger partial charge in [0, 0.05) is 23.9 Å². The number of ether oxygens (including phenoxy) is 1. The number of hydrogen-bond acceptors (Lipinski definition) is 4. The monoisotopic (exact) mass is 323 g/mol. The summed E-state index contributed by atoms with van der Waals surface area (Å²) in [7, 11) is 0. The number of carbonyl (C=O) groups is 1. The second-order valence-electron chi connectivity index (χ2n) is 4.38. The molecule has 0 saturated heterocycles. The Labute approximate surface area is 129 Å². The van der Waals surface area contributed by atoms with Crippen molar-refractivity contribution in [1.29, 1.82) is 0 Å². The topological polar surface area (TPSA) is 74.6 Å². The molecule has 5 nitrogen and oxygen atoms in total. The normalized spacial score (nSPS) is 12.0. The lowest BCUT2D eigenvalue weighted by Crippen LogP contribution is -2.25. The number of rotatable bonds is 3. The van der Waals surface area contributed by atoms with Crippen LogP contribution in [0.3, 0.4) is 0 Å². The van der Waals surface area contributed by atoms with Gasteiger partial charge >= 0.3 is 12.3 Å². The van der Waals surface area contributed by atoms with E-state index in [1.54, 1.807) is 30.3 Å². The first-order valence-electron chi connectivity index (χ1n) is 6.36. The van der Waals surface area contributed by atoms with Crippen LogP contribution in [0.4, 0.5) is 18.0 Å². The van der Waals surface area contributed by atoms with Crippen LogP contribution in [-0.4, -0.2) is 17.0 Å². The molecule has 0 fully saturated rings. The highest BCUT2D eigenvalue weighted by Gasteiger charge is 2.33. The minimum atomic E-state index is -4.75. The summed E-state index contributed by atoms with van der Waals surface area (Å²) in [4.78, 5) is 17.9. The van der Waals surface area contributed by atoms with Gasteiger partial charge in [-0.3, -0.25) is 4.98 Å². The largest absolute Gasteiger partial charge is 0.858 e. The average molecular weight is 323 g/mol. The fourth-order valence-corrected chi connectivity index (χ4v) is 1.71. The van der Waals surface area contributed by atoms with Crippen molar-refractivity contribution in [3.05, 3.63) is 65.5 Å². The Morgan fingerprint density at radius 2 is 1.91 bits per heavy atom. The second kappa shape index (κ2) is 6.91. The number of aliphatic imine (C=N–C) groups is 1. The van der Waals surface area contributed by atoms with E-state index in [0.717, 1.165) is 6.20 Å². The van der Waals surface area contributed by atoms with Crippen LogP contribution in [0.25, 0.3) is 0 Å². The van der Waals surface area contributed by atoms with E-state index < -0.39 is 29.3 Å². The first kappa shape index (κ1) is 16.5. The maximum atomic E-state index is 12.8. The van der Waals surface area contributed by atoms with Crippen molar-refractivity contribution in [2.75, 3.05) is 0 Å². The number of pyridine rings is 1. The van der Waals surface area contributed by atoms with Crippen molar-refractivity contribution < 1.29 is 27.8 Å². The minimum absolute atomic E-state index is 0.143. The van der Waals surface area contributed by atoms with Crippen LogP contribution in [0.1, 0.15) is 16.7 Å². The Hall–Kier alpha value is -2.90. The number of alkyl halides is 3. The van der Waals surface area contributed by atoms with Crippen LogP contribution in [0.15, 0.2) is 53.8 Å². The molecule has 1 heterocycles. The molecule has 1 aromatic heterocycles. The molecule has 0 spiro atoms. The molecule has 0 radical (unpaired) electrons. The predicted molar refractivity (Wildman–Crippen MR) is 72.4 cm³/mol. The molecule has 0 saturated carbocycles. The summed E-state index contributed by atoms with van der Waals surface area (Å²) < 4.78 is 43.1. The molecule has 0 N–H and O–H groups in total. The Balaban J connectivity index is 2.12. The molecule has 8 heteroatoms. The van der Waals surface area contributed by atoms with Crippen LogP contribution in [-0.2, 0) is 17.5 Å². The van der Waals surface area contributed by atoms with Crippen molar-refractivity contribution in [3.63, 3.8) is 0 Å². The van der Waals surface area contributed by atoms with Crippen molar-refractivity contribution in [3.8, 4) is 0 Å². The third-order valence-electron chi connectivity index (χ3n) is 2.75. The third-order valence-corrected chi connectivity index (χ3v) is 2.75. The summed E-state index contributed by atoms with van der Waals surface area (Å²) >= 11 is 0. The highest BCUT2D eigenvalue weighted by molar-refractivity contribution is 5.98. The lowest BCUT2D eigenvalue weighted by atomic mass is 10.1. The summed E-state index contributed by atoms with van der Waals surface area (Å²) in [5.74, 6) is -1.36. The van der Waals surface area contributed by atoms with E-state index >= 15 is 0 Å². The lowest BCUT2D eigenvalue weighted by molar-refractivity contribution is -0.213. The van der Waals surface area contributed by atoms with Crippen molar-refractivity contribution in [2.24, 2.45) is 4.99 Å². The highest BCUT2D eigenvalue weighted by atomic mass is 19.4. The standard InChI is InChI=1S/C15H11F3N2O3/c16-15(17,18)12-6-7-19-8-11(12)13(21)20-14(22)23-9-10-4-2-1-3-5-10/h1-8H,9H2,(H,20,21,22)/p-1. The van der Waals surface area contributed by atoms with E-state index in [-0.39, 0.29) is 6.61 Å². The van der Waals surface area contributed by atoms with E-state index in [4.69, 9.17) is 4.74 Å². The summed E-state index contributed by atoms with van der Waals surface area (Å²) in [5.41, 5.74) is -1.37. The number of nitrogens with zero attached hydrogens (tertiary/aromatic N) is 2. The van der Waals surface area contributed by atoms with Gasteiger partial charge in [0.25, 0.3) is 0 Å². The smallest absolute Gasteiger partial charge is 0.433 e. The number of benzene rings is 1. The van der Waals surface area contributed by atoms with Gasteiger partial charge in [0.05, 0.1) is 5.56 Å². The fraction of sp³-hybridized carbons (Fsp3) is 0.133. The predicted octanol–water partition coefficient (Wildman–Crippen LogP) is 2.54. The number of hydrogen-bond donors (Lipinski definition) is 0. The van der Waals surface area contributed by atoms with E-state index in [1.807, 2.05) is 0 Å². The first-order chi connectivity index (χ1) is 10.9. The Kier molecular flexibility index (Phi) is 4.95. The highest BCUT2D eigenvalue weighted by Crippen LogP contribution is 2.31. The lowest BCUT2D eigenvalue weighted by Gasteiger charge is -2.16. The zero-order valence-electron chi connectivity index (χ0n) is 11.6. The van der Waals surface area contributed by atoms with Gasteiger partial charge in [-0.2, -0.15) is 18.2 Å². The van der Waals surface area contributed by atoms with Gasteiger partial charge < -0.3 is 9.84 Å². The number of carbonyl (C=O) groups excluding carboxylic acids is 1. The SMILES string of the molecule is O=C(N=C([O-])c1cnccc1C(F)(F)F)OCc1ccccc1. The van der Waals surface area contributed by atoms with Gasteiger partial charge in [-0.25, -0.2) is 4.79 Å². The summed E-state index contributed by atoms with van der Waals surface area (Å²) in [6, 6.07) is 9.20. The molecule has 2 rings (SSSR count). The number of aromatic nitrogens is 1. The van der Waals surface area contributed by atoms with E-state index in [0.29, 0.717) is 17.8 Å². The molecule has 0 unspecified atom stereocenters. The van der Waals surface area contributed by atoms with Crippen LogP contribution in [0, 0.1) is 0 Å². The maximum absolute atomic E-state index is 12.8. The van der Waals surface area contributed by atoms with Gasteiger partial charge in [0.2, 0.25) is 0 Å². The second-order valence-corrected chi connectivity index (χ2v) is 4.38. The quantitative estimate of drug-likeness (QED) is 0.642. The molecule has 23 heavy (non-hydrogen) atoms. The number of halogens is 3. The molecule has 1 amide bonds. The van der Waals surface area contributed by atoms with Gasteiger partial charge in [0.1, 0.15) is 6.61 Å². The molecule has 2 aromatic rings. The Bertz CT molecular complexity index is 715. The molecule has 0 aliphatic heterocycles. The van der Waals surface area contributed by atoms with Crippen LogP contribution < -0.4 is 5.11 Å². The third kappa shape index (κ3) is 4.53. The van der Waals surface area contributed by atoms with Crippen LogP contribution >= 0.6 is 0 Å². The zero-order valence-corrected chi connectivity index (χ0v) is 11.6. The number of amides is 1. The molecule has 1 aromatic carbocycles. The molecular formula is C15H10F3N2O3-. The summed E-state index contributed by atoms with van der Waals surface area (Å²) in [5, 5.41) is 11.7. The molecular weight excluding hydrogens is 313 g/mol. The van der Waals surface area contributed by atoms with Gasteiger partial charge in [-0.1, -0.05) is 30.3 Å². The average Bonchev–Trinajstić information content (AvgIpc) is 2.53. The van der Waals surface area contributed by atoms with E-state index in [2.05, 4.69) is 9.98 Å². The minimum Gasteiger partial charge on any atom is -0.858 e. The Morgan fingerprint density at radius 1 is 1.22 bits per heavy atom. The van der Waals surface area contributed by atoms with Crippen molar-refractivity contribution in [1.82, 2.24) is 4.98 Å². The molecule has 0 aliphatic rings. The molecule has 0 bridgehead atoms. The van der Waals surface area contributed by atoms with Gasteiger partial charge in [-0.05, 0) is 11.6 Å². The van der Waals surface area contributed by atoms with Gasteiger partial charge in [0.15, 0.2) is 0 Å². The fourth-order valence-electron chi connectivity index (χ4n) is 1.71. The van der Waals surface area contributed by atoms with Crippen molar-refractivity contribution >= 4 is 12.0 Å².